The summed E-state index contributed by atoms with van der Waals surface area (Å²) in [6.07, 6.45) is 1.82. The summed E-state index contributed by atoms with van der Waals surface area (Å²) in [5.74, 6) is 0. The van der Waals surface area contributed by atoms with Crippen LogP contribution in [0.25, 0.3) is 21.8 Å². The molecular formula is C11H6ClN3. The molecule has 0 unspecified atom stereocenters. The number of aromatic nitrogens is 2. The van der Waals surface area contributed by atoms with E-state index in [-0.39, 0.29) is 0 Å². The highest BCUT2D eigenvalue weighted by Crippen LogP contribution is 2.29. The normalized spacial score (nSPS) is 10.9. The molecule has 4 heteroatoms. The molecule has 3 nitrogen and oxygen atoms in total. The van der Waals surface area contributed by atoms with Crippen LogP contribution in [-0.2, 0) is 0 Å². The number of rotatable bonds is 0. The molecule has 0 aliphatic carbocycles. The van der Waals surface area contributed by atoms with Crippen LogP contribution in [0, 0.1) is 11.3 Å². The Balaban J connectivity index is 2.54. The van der Waals surface area contributed by atoms with Gasteiger partial charge in [-0.05, 0) is 18.2 Å². The lowest BCUT2D eigenvalue weighted by atomic mass is 10.2. The predicted molar refractivity (Wildman–Crippen MR) is 59.9 cm³/mol. The molecule has 0 radical (unpaired) electrons. The van der Waals surface area contributed by atoms with Crippen LogP contribution >= 0.6 is 11.6 Å². The number of hydrogen-bond donors (Lipinski definition) is 2. The molecule has 1 aromatic carbocycles. The fourth-order valence-electron chi connectivity index (χ4n) is 1.84. The lowest BCUT2D eigenvalue weighted by molar-refractivity contribution is 1.33. The Kier molecular flexibility index (Phi) is 1.56. The molecule has 0 bridgehead atoms. The molecule has 0 aliphatic heterocycles. The third-order valence-electron chi connectivity index (χ3n) is 2.52. The molecule has 0 saturated heterocycles. The van der Waals surface area contributed by atoms with Crippen molar-refractivity contribution >= 4 is 33.4 Å². The lowest BCUT2D eigenvalue weighted by Gasteiger charge is -1.90. The second-order valence-electron chi connectivity index (χ2n) is 3.38. The van der Waals surface area contributed by atoms with Crippen molar-refractivity contribution in [2.45, 2.75) is 0 Å². The molecular weight excluding hydrogens is 210 g/mol. The molecule has 0 fully saturated rings. The van der Waals surface area contributed by atoms with E-state index in [1.165, 1.54) is 0 Å². The molecule has 0 amide bonds. The zero-order valence-corrected chi connectivity index (χ0v) is 8.39. The Hall–Kier alpha value is -1.92. The van der Waals surface area contributed by atoms with Crippen LogP contribution < -0.4 is 0 Å². The van der Waals surface area contributed by atoms with E-state index >= 15 is 0 Å². The molecule has 3 rings (SSSR count). The van der Waals surface area contributed by atoms with Crippen molar-refractivity contribution in [3.8, 4) is 6.07 Å². The summed E-state index contributed by atoms with van der Waals surface area (Å²) in [6, 6.07) is 7.74. The average Bonchev–Trinajstić information content (AvgIpc) is 2.76. The second kappa shape index (κ2) is 2.78. The van der Waals surface area contributed by atoms with Gasteiger partial charge >= 0.3 is 0 Å². The largest absolute Gasteiger partial charge is 0.352 e. The highest BCUT2D eigenvalue weighted by atomic mass is 35.5. The van der Waals surface area contributed by atoms with Crippen LogP contribution in [0.4, 0.5) is 0 Å². The maximum Gasteiger partial charge on any atom is 0.142 e. The number of H-pyrrole nitrogens is 2. The first kappa shape index (κ1) is 8.39. The van der Waals surface area contributed by atoms with Crippen molar-refractivity contribution in [1.29, 1.82) is 5.26 Å². The summed E-state index contributed by atoms with van der Waals surface area (Å²) >= 11 is 5.93. The van der Waals surface area contributed by atoms with Gasteiger partial charge < -0.3 is 9.97 Å². The minimum atomic E-state index is 0.553. The molecule has 0 spiro atoms. The maximum absolute atomic E-state index is 8.88. The van der Waals surface area contributed by atoms with E-state index in [1.54, 1.807) is 0 Å². The lowest BCUT2D eigenvalue weighted by Crippen LogP contribution is -1.73. The van der Waals surface area contributed by atoms with Gasteiger partial charge in [-0.1, -0.05) is 11.6 Å². The first-order valence-corrected chi connectivity index (χ1v) is 4.86. The van der Waals surface area contributed by atoms with Crippen LogP contribution in [0.3, 0.4) is 0 Å². The molecule has 0 atom stereocenters. The van der Waals surface area contributed by atoms with E-state index in [9.17, 15) is 0 Å². The molecule has 2 N–H and O–H groups in total. The van der Waals surface area contributed by atoms with Crippen LogP contribution in [0.1, 0.15) is 5.69 Å². The zero-order chi connectivity index (χ0) is 10.4. The van der Waals surface area contributed by atoms with E-state index in [4.69, 9.17) is 16.9 Å². The molecule has 2 aromatic heterocycles. The number of halogens is 1. The number of benzene rings is 1. The fourth-order valence-corrected chi connectivity index (χ4v) is 2.01. The SMILES string of the molecule is N#Cc1[nH]cc2c1[nH]c1ccc(Cl)cc12. The topological polar surface area (TPSA) is 55.4 Å². The molecule has 72 valence electrons. The van der Waals surface area contributed by atoms with E-state index in [1.807, 2.05) is 24.4 Å². The fraction of sp³-hybridized carbons (Fsp3) is 0. The molecule has 2 heterocycles. The Labute approximate surface area is 90.3 Å². The van der Waals surface area contributed by atoms with Gasteiger partial charge in [0.15, 0.2) is 0 Å². The summed E-state index contributed by atoms with van der Waals surface area (Å²) in [5, 5.41) is 11.6. The quantitative estimate of drug-likeness (QED) is 0.595. The summed E-state index contributed by atoms with van der Waals surface area (Å²) in [5.41, 5.74) is 2.39. The van der Waals surface area contributed by atoms with Crippen molar-refractivity contribution in [2.75, 3.05) is 0 Å². The first-order chi connectivity index (χ1) is 7.29. The third-order valence-corrected chi connectivity index (χ3v) is 2.76. The van der Waals surface area contributed by atoms with Crippen molar-refractivity contribution in [3.63, 3.8) is 0 Å². The highest BCUT2D eigenvalue weighted by Gasteiger charge is 2.09. The second-order valence-corrected chi connectivity index (χ2v) is 3.82. The van der Waals surface area contributed by atoms with Crippen molar-refractivity contribution in [1.82, 2.24) is 9.97 Å². The molecule has 0 saturated carbocycles. The molecule has 3 aromatic rings. The smallest absolute Gasteiger partial charge is 0.142 e. The highest BCUT2D eigenvalue weighted by molar-refractivity contribution is 6.31. The van der Waals surface area contributed by atoms with Crippen molar-refractivity contribution in [3.05, 3.63) is 35.1 Å². The number of aromatic amines is 2. The van der Waals surface area contributed by atoms with Gasteiger partial charge in [0.2, 0.25) is 0 Å². The summed E-state index contributed by atoms with van der Waals surface area (Å²) in [4.78, 5) is 6.11. The predicted octanol–water partition coefficient (Wildman–Crippen LogP) is 3.17. The molecule has 0 aliphatic rings. The monoisotopic (exact) mass is 215 g/mol. The standard InChI is InChI=1S/C11H6ClN3/c12-6-1-2-9-7(3-6)8-5-14-10(4-13)11(8)15-9/h1-3,5,14-15H. The van der Waals surface area contributed by atoms with Gasteiger partial charge in [-0.2, -0.15) is 5.26 Å². The maximum atomic E-state index is 8.88. The number of nitrogens with one attached hydrogen (secondary N) is 2. The number of nitrogens with zero attached hydrogens (tertiary/aromatic N) is 1. The van der Waals surface area contributed by atoms with E-state index in [0.717, 1.165) is 21.8 Å². The van der Waals surface area contributed by atoms with Gasteiger partial charge in [-0.3, -0.25) is 0 Å². The van der Waals surface area contributed by atoms with Crippen LogP contribution in [0.5, 0.6) is 0 Å². The minimum absolute atomic E-state index is 0.553. The number of hydrogen-bond acceptors (Lipinski definition) is 1. The summed E-state index contributed by atoms with van der Waals surface area (Å²) in [7, 11) is 0. The van der Waals surface area contributed by atoms with Gasteiger partial charge in [0.05, 0.1) is 5.52 Å². The van der Waals surface area contributed by atoms with Crippen molar-refractivity contribution < 1.29 is 0 Å². The van der Waals surface area contributed by atoms with Gasteiger partial charge in [0, 0.05) is 27.5 Å². The Morgan fingerprint density at radius 1 is 1.27 bits per heavy atom. The summed E-state index contributed by atoms with van der Waals surface area (Å²) < 4.78 is 0. The third kappa shape index (κ3) is 1.06. The van der Waals surface area contributed by atoms with Gasteiger partial charge in [-0.25, -0.2) is 0 Å². The van der Waals surface area contributed by atoms with Crippen molar-refractivity contribution in [2.24, 2.45) is 0 Å². The average molecular weight is 216 g/mol. The Morgan fingerprint density at radius 2 is 2.13 bits per heavy atom. The zero-order valence-electron chi connectivity index (χ0n) is 7.63. The first-order valence-electron chi connectivity index (χ1n) is 4.48. The van der Waals surface area contributed by atoms with Crippen LogP contribution in [0.2, 0.25) is 5.02 Å². The minimum Gasteiger partial charge on any atom is -0.352 e. The number of fused-ring (bicyclic) bond motifs is 3. The van der Waals surface area contributed by atoms with E-state index in [2.05, 4.69) is 16.0 Å². The van der Waals surface area contributed by atoms with Gasteiger partial charge in [0.1, 0.15) is 11.8 Å². The number of nitriles is 1. The van der Waals surface area contributed by atoms with Gasteiger partial charge in [0.25, 0.3) is 0 Å². The van der Waals surface area contributed by atoms with E-state index < -0.39 is 0 Å². The summed E-state index contributed by atoms with van der Waals surface area (Å²) in [6.45, 7) is 0. The van der Waals surface area contributed by atoms with Crippen LogP contribution in [0.15, 0.2) is 24.4 Å². The molecule has 15 heavy (non-hydrogen) atoms. The van der Waals surface area contributed by atoms with Crippen LogP contribution in [-0.4, -0.2) is 9.97 Å². The Morgan fingerprint density at radius 3 is 2.93 bits per heavy atom. The van der Waals surface area contributed by atoms with E-state index in [0.29, 0.717) is 10.7 Å². The van der Waals surface area contributed by atoms with Gasteiger partial charge in [-0.15, -0.1) is 0 Å². The Bertz CT molecular complexity index is 700.